The standard InChI is InChI=1S/C15H26N2O/c1-13-8-9-15(18-13)12-17(2)11-5-10-16-14-6-3-4-7-14/h8-9,14,16H,3-7,10-12H2,1-2H3. The summed E-state index contributed by atoms with van der Waals surface area (Å²) in [7, 11) is 2.16. The number of hydrogen-bond donors (Lipinski definition) is 1. The van der Waals surface area contributed by atoms with Crippen molar-refractivity contribution >= 4 is 0 Å². The van der Waals surface area contributed by atoms with E-state index in [1.54, 1.807) is 0 Å². The Labute approximate surface area is 111 Å². The molecule has 0 atom stereocenters. The molecule has 1 heterocycles. The molecule has 3 nitrogen and oxygen atoms in total. The lowest BCUT2D eigenvalue weighted by atomic mass is 10.2. The summed E-state index contributed by atoms with van der Waals surface area (Å²) in [6.07, 6.45) is 6.79. The van der Waals surface area contributed by atoms with Crippen molar-refractivity contribution in [3.05, 3.63) is 23.7 Å². The Balaban J connectivity index is 1.55. The third-order valence-electron chi connectivity index (χ3n) is 3.73. The molecule has 2 rings (SSSR count). The molecule has 0 radical (unpaired) electrons. The van der Waals surface area contributed by atoms with E-state index in [-0.39, 0.29) is 0 Å². The molecule has 0 bridgehead atoms. The van der Waals surface area contributed by atoms with Gasteiger partial charge in [-0.25, -0.2) is 0 Å². The average molecular weight is 250 g/mol. The van der Waals surface area contributed by atoms with Crippen LogP contribution in [0.5, 0.6) is 0 Å². The Morgan fingerprint density at radius 3 is 2.78 bits per heavy atom. The van der Waals surface area contributed by atoms with Crippen molar-refractivity contribution < 1.29 is 4.42 Å². The number of nitrogens with zero attached hydrogens (tertiary/aromatic N) is 1. The predicted octanol–water partition coefficient (Wildman–Crippen LogP) is 2.94. The lowest BCUT2D eigenvalue weighted by Crippen LogP contribution is -2.29. The molecule has 0 aliphatic heterocycles. The zero-order valence-corrected chi connectivity index (χ0v) is 11.7. The lowest BCUT2D eigenvalue weighted by Gasteiger charge is -2.16. The highest BCUT2D eigenvalue weighted by Crippen LogP contribution is 2.17. The van der Waals surface area contributed by atoms with Crippen molar-refractivity contribution in [2.45, 2.75) is 51.6 Å². The van der Waals surface area contributed by atoms with Crippen LogP contribution in [0.15, 0.2) is 16.5 Å². The molecular weight excluding hydrogens is 224 g/mol. The molecule has 0 saturated heterocycles. The second-order valence-electron chi connectivity index (χ2n) is 5.54. The average Bonchev–Trinajstić information content (AvgIpc) is 2.96. The fourth-order valence-corrected chi connectivity index (χ4v) is 2.70. The summed E-state index contributed by atoms with van der Waals surface area (Å²) in [5.41, 5.74) is 0. The molecule has 18 heavy (non-hydrogen) atoms. The van der Waals surface area contributed by atoms with Gasteiger partial charge >= 0.3 is 0 Å². The molecule has 3 heteroatoms. The molecule has 1 aliphatic carbocycles. The monoisotopic (exact) mass is 250 g/mol. The molecule has 0 aromatic carbocycles. The summed E-state index contributed by atoms with van der Waals surface area (Å²) in [6.45, 7) is 5.18. The first-order valence-corrected chi connectivity index (χ1v) is 7.21. The molecule has 1 saturated carbocycles. The first-order valence-electron chi connectivity index (χ1n) is 7.21. The van der Waals surface area contributed by atoms with Crippen LogP contribution in [0, 0.1) is 6.92 Å². The molecule has 0 amide bonds. The summed E-state index contributed by atoms with van der Waals surface area (Å²) in [5, 5.41) is 3.65. The van der Waals surface area contributed by atoms with Gasteiger partial charge < -0.3 is 9.73 Å². The van der Waals surface area contributed by atoms with Crippen molar-refractivity contribution in [2.24, 2.45) is 0 Å². The van der Waals surface area contributed by atoms with Gasteiger partial charge in [-0.15, -0.1) is 0 Å². The van der Waals surface area contributed by atoms with Gasteiger partial charge in [0.25, 0.3) is 0 Å². The highest BCUT2D eigenvalue weighted by molar-refractivity contribution is 5.05. The van der Waals surface area contributed by atoms with E-state index in [4.69, 9.17) is 4.42 Å². The van der Waals surface area contributed by atoms with Gasteiger partial charge in [-0.05, 0) is 58.5 Å². The predicted molar refractivity (Wildman–Crippen MR) is 74.7 cm³/mol. The number of nitrogens with one attached hydrogen (secondary N) is 1. The molecule has 1 aromatic heterocycles. The summed E-state index contributed by atoms with van der Waals surface area (Å²) < 4.78 is 5.58. The quantitative estimate of drug-likeness (QED) is 0.754. The van der Waals surface area contributed by atoms with Crippen LogP contribution in [-0.2, 0) is 6.54 Å². The lowest BCUT2D eigenvalue weighted by molar-refractivity contribution is 0.285. The van der Waals surface area contributed by atoms with E-state index in [2.05, 4.69) is 23.3 Å². The van der Waals surface area contributed by atoms with E-state index in [0.29, 0.717) is 0 Å². The topological polar surface area (TPSA) is 28.4 Å². The third-order valence-corrected chi connectivity index (χ3v) is 3.73. The van der Waals surface area contributed by atoms with Gasteiger partial charge in [0.05, 0.1) is 6.54 Å². The van der Waals surface area contributed by atoms with Crippen LogP contribution in [-0.4, -0.2) is 31.1 Å². The number of aryl methyl sites for hydroxylation is 1. The zero-order chi connectivity index (χ0) is 12.8. The van der Waals surface area contributed by atoms with Gasteiger partial charge in [-0.1, -0.05) is 12.8 Å². The molecule has 1 aliphatic rings. The van der Waals surface area contributed by atoms with Gasteiger partial charge in [0.15, 0.2) is 0 Å². The van der Waals surface area contributed by atoms with Gasteiger partial charge in [0.2, 0.25) is 0 Å². The maximum Gasteiger partial charge on any atom is 0.118 e. The Kier molecular flexibility index (Phi) is 5.26. The van der Waals surface area contributed by atoms with Gasteiger partial charge in [0.1, 0.15) is 11.5 Å². The summed E-state index contributed by atoms with van der Waals surface area (Å²) in [6, 6.07) is 4.90. The van der Waals surface area contributed by atoms with Crippen LogP contribution in [0.4, 0.5) is 0 Å². The van der Waals surface area contributed by atoms with Crippen molar-refractivity contribution in [2.75, 3.05) is 20.1 Å². The van der Waals surface area contributed by atoms with Crippen molar-refractivity contribution in [3.8, 4) is 0 Å². The van der Waals surface area contributed by atoms with Gasteiger partial charge in [-0.2, -0.15) is 0 Å². The van der Waals surface area contributed by atoms with E-state index in [0.717, 1.165) is 37.2 Å². The molecular formula is C15H26N2O. The minimum Gasteiger partial charge on any atom is -0.465 e. The van der Waals surface area contributed by atoms with Crippen LogP contribution >= 0.6 is 0 Å². The Morgan fingerprint density at radius 2 is 2.11 bits per heavy atom. The fraction of sp³-hybridized carbons (Fsp3) is 0.733. The zero-order valence-electron chi connectivity index (χ0n) is 11.7. The molecule has 102 valence electrons. The smallest absolute Gasteiger partial charge is 0.118 e. The fourth-order valence-electron chi connectivity index (χ4n) is 2.70. The van der Waals surface area contributed by atoms with E-state index >= 15 is 0 Å². The number of furan rings is 1. The Bertz CT molecular complexity index is 342. The first-order chi connectivity index (χ1) is 8.74. The maximum absolute atomic E-state index is 5.58. The molecule has 1 aromatic rings. The largest absolute Gasteiger partial charge is 0.465 e. The Hall–Kier alpha value is -0.800. The van der Waals surface area contributed by atoms with Crippen molar-refractivity contribution in [3.63, 3.8) is 0 Å². The molecule has 1 fully saturated rings. The van der Waals surface area contributed by atoms with Crippen LogP contribution in [0.2, 0.25) is 0 Å². The SMILES string of the molecule is Cc1ccc(CN(C)CCCNC2CCCC2)o1. The third kappa shape index (κ3) is 4.46. The highest BCUT2D eigenvalue weighted by Gasteiger charge is 2.13. The molecule has 0 spiro atoms. The maximum atomic E-state index is 5.58. The van der Waals surface area contributed by atoms with E-state index in [1.165, 1.54) is 32.1 Å². The van der Waals surface area contributed by atoms with E-state index < -0.39 is 0 Å². The molecule has 0 unspecified atom stereocenters. The normalized spacial score (nSPS) is 16.8. The number of hydrogen-bond acceptors (Lipinski definition) is 3. The van der Waals surface area contributed by atoms with Crippen LogP contribution < -0.4 is 5.32 Å². The Morgan fingerprint density at radius 1 is 1.33 bits per heavy atom. The van der Waals surface area contributed by atoms with Crippen molar-refractivity contribution in [1.29, 1.82) is 0 Å². The van der Waals surface area contributed by atoms with E-state index in [9.17, 15) is 0 Å². The summed E-state index contributed by atoms with van der Waals surface area (Å²) in [5.74, 6) is 2.07. The van der Waals surface area contributed by atoms with Crippen molar-refractivity contribution in [1.82, 2.24) is 10.2 Å². The number of rotatable bonds is 7. The van der Waals surface area contributed by atoms with Crippen LogP contribution in [0.1, 0.15) is 43.6 Å². The minimum atomic E-state index is 0.794. The second-order valence-corrected chi connectivity index (χ2v) is 5.54. The second kappa shape index (κ2) is 6.95. The van der Waals surface area contributed by atoms with E-state index in [1.807, 2.05) is 13.0 Å². The van der Waals surface area contributed by atoms with Crippen LogP contribution in [0.3, 0.4) is 0 Å². The summed E-state index contributed by atoms with van der Waals surface area (Å²) >= 11 is 0. The van der Waals surface area contributed by atoms with Crippen LogP contribution in [0.25, 0.3) is 0 Å². The highest BCUT2D eigenvalue weighted by atomic mass is 16.3. The minimum absolute atomic E-state index is 0.794. The molecule has 1 N–H and O–H groups in total. The van der Waals surface area contributed by atoms with Gasteiger partial charge in [-0.3, -0.25) is 4.90 Å². The first kappa shape index (κ1) is 13.6. The van der Waals surface area contributed by atoms with Gasteiger partial charge in [0, 0.05) is 6.04 Å². The summed E-state index contributed by atoms with van der Waals surface area (Å²) in [4.78, 5) is 2.33.